The number of amides is 1. The largest absolute Gasteiger partial charge is 0.494 e. The molecule has 3 heterocycles. The van der Waals surface area contributed by atoms with E-state index in [0.717, 1.165) is 17.2 Å². The summed E-state index contributed by atoms with van der Waals surface area (Å²) in [6.07, 6.45) is -4.63. The average molecular weight is 570 g/mol. The van der Waals surface area contributed by atoms with Gasteiger partial charge in [-0.25, -0.2) is 9.97 Å². The lowest BCUT2D eigenvalue weighted by Gasteiger charge is -2.38. The molecule has 2 aromatic heterocycles. The molecular weight excluding hydrogens is 539 g/mol. The minimum atomic E-state index is -4.63. The molecule has 1 aliphatic rings. The van der Waals surface area contributed by atoms with Crippen LogP contribution in [0.3, 0.4) is 0 Å². The van der Waals surface area contributed by atoms with Crippen molar-refractivity contribution < 1.29 is 32.2 Å². The molecule has 41 heavy (non-hydrogen) atoms. The molecule has 1 amide bonds. The minimum Gasteiger partial charge on any atom is -0.494 e. The number of benzene rings is 2. The van der Waals surface area contributed by atoms with Gasteiger partial charge >= 0.3 is 6.18 Å². The number of nitrogens with two attached hydrogens (primary N) is 1. The number of oxazole rings is 1. The van der Waals surface area contributed by atoms with Gasteiger partial charge in [-0.05, 0) is 36.8 Å². The van der Waals surface area contributed by atoms with Crippen molar-refractivity contribution in [1.82, 2.24) is 19.8 Å². The summed E-state index contributed by atoms with van der Waals surface area (Å²) in [5.41, 5.74) is 7.37. The predicted octanol–water partition coefficient (Wildman–Crippen LogP) is 4.18. The molecule has 2 aromatic carbocycles. The molecule has 9 nitrogen and oxygen atoms in total. The fraction of sp³-hybridized carbons (Fsp3) is 0.345. The Morgan fingerprint density at radius 2 is 1.78 bits per heavy atom. The van der Waals surface area contributed by atoms with Crippen LogP contribution in [0.2, 0.25) is 0 Å². The number of halogens is 3. The Morgan fingerprint density at radius 3 is 2.39 bits per heavy atom. The number of aryl methyl sites for hydroxylation is 1. The molecule has 5 rings (SSSR count). The maximum Gasteiger partial charge on any atom is 0.433 e. The van der Waals surface area contributed by atoms with Gasteiger partial charge in [0, 0.05) is 37.1 Å². The van der Waals surface area contributed by atoms with Crippen molar-refractivity contribution in [3.8, 4) is 17.2 Å². The number of fused-ring (bicyclic) bond motifs is 1. The smallest absolute Gasteiger partial charge is 0.433 e. The van der Waals surface area contributed by atoms with Gasteiger partial charge in [-0.15, -0.1) is 0 Å². The van der Waals surface area contributed by atoms with E-state index in [0.29, 0.717) is 37.1 Å². The van der Waals surface area contributed by atoms with Crippen LogP contribution >= 0.6 is 0 Å². The summed E-state index contributed by atoms with van der Waals surface area (Å²) in [6.45, 7) is 3.76. The molecule has 4 aromatic rings. The van der Waals surface area contributed by atoms with Crippen LogP contribution < -0.4 is 10.5 Å². The maximum atomic E-state index is 13.5. The average Bonchev–Trinajstić information content (AvgIpc) is 3.41. The number of methoxy groups -OCH3 is 1. The van der Waals surface area contributed by atoms with Crippen molar-refractivity contribution >= 4 is 16.8 Å². The zero-order valence-electron chi connectivity index (χ0n) is 22.6. The fourth-order valence-corrected chi connectivity index (χ4v) is 5.08. The second-order valence-electron chi connectivity index (χ2n) is 9.84. The molecule has 0 saturated carbocycles. The first-order valence-electron chi connectivity index (χ1n) is 13.1. The fourth-order valence-electron chi connectivity index (χ4n) is 5.08. The summed E-state index contributed by atoms with van der Waals surface area (Å²) >= 11 is 0. The number of aliphatic hydroxyl groups is 1. The van der Waals surface area contributed by atoms with Gasteiger partial charge in [0.1, 0.15) is 17.0 Å². The number of hydrogen-bond donors (Lipinski definition) is 2. The Balaban J connectivity index is 1.39. The Bertz CT molecular complexity index is 1550. The number of carbonyl (C=O) groups excluding carboxylic acids is 1. The predicted molar refractivity (Wildman–Crippen MR) is 145 cm³/mol. The number of nitrogens with zero attached hydrogens (tertiary/aromatic N) is 4. The van der Waals surface area contributed by atoms with Crippen LogP contribution in [0.4, 0.5) is 13.2 Å². The Morgan fingerprint density at radius 1 is 1.07 bits per heavy atom. The van der Waals surface area contributed by atoms with Crippen molar-refractivity contribution in [1.29, 1.82) is 0 Å². The van der Waals surface area contributed by atoms with Crippen molar-refractivity contribution in [2.45, 2.75) is 25.7 Å². The monoisotopic (exact) mass is 569 g/mol. The van der Waals surface area contributed by atoms with E-state index in [2.05, 4.69) is 14.9 Å². The number of carbonyl (C=O) groups is 1. The van der Waals surface area contributed by atoms with Crippen LogP contribution in [0.15, 0.2) is 52.9 Å². The number of alkyl halides is 3. The van der Waals surface area contributed by atoms with Crippen LogP contribution in [-0.4, -0.2) is 70.7 Å². The molecule has 0 bridgehead atoms. The summed E-state index contributed by atoms with van der Waals surface area (Å²) in [5, 5.41) is 10.4. The third-order valence-corrected chi connectivity index (χ3v) is 7.32. The highest BCUT2D eigenvalue weighted by molar-refractivity contribution is 5.98. The molecule has 216 valence electrons. The van der Waals surface area contributed by atoms with E-state index in [1.54, 1.807) is 11.0 Å². The van der Waals surface area contributed by atoms with Crippen LogP contribution in [0, 0.1) is 6.92 Å². The molecule has 1 saturated heterocycles. The topological polar surface area (TPSA) is 118 Å². The summed E-state index contributed by atoms with van der Waals surface area (Å²) < 4.78 is 51.1. The molecule has 1 unspecified atom stereocenters. The summed E-state index contributed by atoms with van der Waals surface area (Å²) in [4.78, 5) is 25.5. The molecule has 0 spiro atoms. The highest BCUT2D eigenvalue weighted by Gasteiger charge is 2.34. The van der Waals surface area contributed by atoms with Gasteiger partial charge in [0.05, 0.1) is 26.3 Å². The van der Waals surface area contributed by atoms with Crippen LogP contribution in [-0.2, 0) is 12.7 Å². The third kappa shape index (κ3) is 5.63. The summed E-state index contributed by atoms with van der Waals surface area (Å²) in [6, 6.07) is 13.1. The lowest BCUT2D eigenvalue weighted by molar-refractivity contribution is -0.140. The second kappa shape index (κ2) is 11.5. The number of ether oxygens (including phenoxy) is 1. The number of aromatic nitrogens is 2. The van der Waals surface area contributed by atoms with E-state index in [-0.39, 0.29) is 53.7 Å². The molecule has 1 atom stereocenters. The van der Waals surface area contributed by atoms with E-state index >= 15 is 0 Å². The van der Waals surface area contributed by atoms with E-state index in [9.17, 15) is 23.1 Å². The second-order valence-corrected chi connectivity index (χ2v) is 9.84. The number of piperazine rings is 1. The lowest BCUT2D eigenvalue weighted by Crippen LogP contribution is -2.50. The van der Waals surface area contributed by atoms with Crippen molar-refractivity contribution in [3.05, 3.63) is 76.8 Å². The highest BCUT2D eigenvalue weighted by atomic mass is 19.4. The van der Waals surface area contributed by atoms with Crippen molar-refractivity contribution in [2.75, 3.05) is 39.9 Å². The molecule has 12 heteroatoms. The first kappa shape index (κ1) is 28.5. The highest BCUT2D eigenvalue weighted by Crippen LogP contribution is 2.37. The number of pyridine rings is 1. The van der Waals surface area contributed by atoms with Crippen LogP contribution in [0.5, 0.6) is 5.75 Å². The molecule has 0 radical (unpaired) electrons. The zero-order valence-corrected chi connectivity index (χ0v) is 22.6. The van der Waals surface area contributed by atoms with Crippen molar-refractivity contribution in [2.24, 2.45) is 5.73 Å². The molecular formula is C29H30F3N5O4. The quantitative estimate of drug-likeness (QED) is 0.341. The normalized spacial score (nSPS) is 15.3. The third-order valence-electron chi connectivity index (χ3n) is 7.32. The Hall–Kier alpha value is -4.00. The van der Waals surface area contributed by atoms with Gasteiger partial charge < -0.3 is 24.9 Å². The van der Waals surface area contributed by atoms with Gasteiger partial charge in [-0.3, -0.25) is 9.69 Å². The number of hydrogen-bond acceptors (Lipinski definition) is 8. The summed E-state index contributed by atoms with van der Waals surface area (Å²) in [7, 11) is 1.34. The zero-order chi connectivity index (χ0) is 29.3. The Labute approximate surface area is 234 Å². The van der Waals surface area contributed by atoms with Gasteiger partial charge in [-0.1, -0.05) is 29.8 Å². The first-order valence-corrected chi connectivity index (χ1v) is 13.1. The molecule has 1 aliphatic heterocycles. The van der Waals surface area contributed by atoms with Gasteiger partial charge in [0.25, 0.3) is 5.91 Å². The summed E-state index contributed by atoms with van der Waals surface area (Å²) in [5.74, 6) is 0.0123. The van der Waals surface area contributed by atoms with Crippen molar-refractivity contribution in [3.63, 3.8) is 0 Å². The molecule has 1 fully saturated rings. The van der Waals surface area contributed by atoms with Crippen LogP contribution in [0.1, 0.15) is 39.1 Å². The van der Waals surface area contributed by atoms with E-state index in [4.69, 9.17) is 14.9 Å². The SMILES string of the molecule is COc1ccc(-c2nc(C(=O)N3CCN(C(CO)c4ccc(C)cc4)CC3)c(CN)o2)c2ccc(C(F)(F)F)nc12. The maximum absolute atomic E-state index is 13.5. The number of rotatable bonds is 7. The van der Waals surface area contributed by atoms with Gasteiger partial charge in [0.15, 0.2) is 11.5 Å². The van der Waals surface area contributed by atoms with E-state index in [1.165, 1.54) is 19.2 Å². The van der Waals surface area contributed by atoms with E-state index in [1.807, 2.05) is 31.2 Å². The van der Waals surface area contributed by atoms with Gasteiger partial charge in [0.2, 0.25) is 5.89 Å². The van der Waals surface area contributed by atoms with Gasteiger partial charge in [-0.2, -0.15) is 13.2 Å². The minimum absolute atomic E-state index is 0.0108. The standard InChI is InChI=1S/C29H30F3N5O4/c1-17-3-5-18(6-4-17)21(16-38)36-11-13-37(14-12-36)28(39)26-23(15-33)41-27(35-26)20-7-9-22(40-2)25-19(20)8-10-24(34-25)29(30,31)32/h3-10,21,38H,11-16,33H2,1-2H3. The van der Waals surface area contributed by atoms with E-state index < -0.39 is 11.9 Å². The number of aliphatic hydroxyl groups excluding tert-OH is 1. The Kier molecular flexibility index (Phi) is 7.98. The molecule has 3 N–H and O–H groups in total. The molecule has 0 aliphatic carbocycles. The lowest BCUT2D eigenvalue weighted by atomic mass is 10.0. The first-order chi connectivity index (χ1) is 19.6. The van der Waals surface area contributed by atoms with Crippen LogP contribution in [0.25, 0.3) is 22.4 Å².